The maximum atomic E-state index is 11.2. The van der Waals surface area contributed by atoms with Crippen molar-refractivity contribution < 1.29 is 23.9 Å². The van der Waals surface area contributed by atoms with E-state index in [0.717, 1.165) is 4.90 Å². The molecule has 0 aliphatic carbocycles. The van der Waals surface area contributed by atoms with Crippen molar-refractivity contribution in [2.75, 3.05) is 27.3 Å². The monoisotopic (exact) mass is 229 g/mol. The third kappa shape index (κ3) is 4.59. The summed E-state index contributed by atoms with van der Waals surface area (Å²) in [6.07, 6.45) is 0. The first-order chi connectivity index (χ1) is 7.42. The Labute approximate surface area is 93.8 Å². The summed E-state index contributed by atoms with van der Waals surface area (Å²) in [6, 6.07) is 0. The summed E-state index contributed by atoms with van der Waals surface area (Å²) < 4.78 is 8.85. The highest BCUT2D eigenvalue weighted by Gasteiger charge is 2.18. The van der Waals surface area contributed by atoms with Gasteiger partial charge in [0.1, 0.15) is 6.54 Å². The predicted molar refractivity (Wildman–Crippen MR) is 55.4 cm³/mol. The van der Waals surface area contributed by atoms with Gasteiger partial charge in [0.2, 0.25) is 5.91 Å². The van der Waals surface area contributed by atoms with Crippen LogP contribution >= 0.6 is 0 Å². The van der Waals surface area contributed by atoms with E-state index in [1.54, 1.807) is 0 Å². The zero-order valence-electron chi connectivity index (χ0n) is 9.61. The lowest BCUT2D eigenvalue weighted by Crippen LogP contribution is -2.37. The van der Waals surface area contributed by atoms with Crippen molar-refractivity contribution in [1.29, 1.82) is 0 Å². The van der Waals surface area contributed by atoms with Crippen molar-refractivity contribution in [3.05, 3.63) is 12.2 Å². The van der Waals surface area contributed by atoms with Gasteiger partial charge in [0.25, 0.3) is 0 Å². The minimum Gasteiger partial charge on any atom is -0.468 e. The van der Waals surface area contributed by atoms with Crippen LogP contribution in [0.15, 0.2) is 12.2 Å². The second kappa shape index (κ2) is 6.60. The van der Waals surface area contributed by atoms with Crippen LogP contribution in [0.1, 0.15) is 6.92 Å². The fourth-order valence-corrected chi connectivity index (χ4v) is 0.938. The predicted octanol–water partition coefficient (Wildman–Crippen LogP) is -0.263. The summed E-state index contributed by atoms with van der Waals surface area (Å²) in [5, 5.41) is 0. The van der Waals surface area contributed by atoms with Crippen molar-refractivity contribution in [2.24, 2.45) is 0 Å². The van der Waals surface area contributed by atoms with Crippen LogP contribution in [0.2, 0.25) is 0 Å². The first kappa shape index (κ1) is 14.2. The first-order valence-corrected chi connectivity index (χ1v) is 4.50. The van der Waals surface area contributed by atoms with Crippen molar-refractivity contribution in [1.82, 2.24) is 4.90 Å². The number of ether oxygens (including phenoxy) is 2. The Kier molecular flexibility index (Phi) is 5.84. The van der Waals surface area contributed by atoms with Crippen LogP contribution in [0.3, 0.4) is 0 Å². The minimum atomic E-state index is -0.615. The van der Waals surface area contributed by atoms with Gasteiger partial charge in [0.05, 0.1) is 20.8 Å². The summed E-state index contributed by atoms with van der Waals surface area (Å²) in [7, 11) is 2.43. The maximum Gasteiger partial charge on any atom is 0.334 e. The molecule has 0 fully saturated rings. The number of carbonyl (C=O) groups excluding carboxylic acids is 3. The zero-order chi connectivity index (χ0) is 12.7. The highest BCUT2D eigenvalue weighted by molar-refractivity contribution is 5.89. The van der Waals surface area contributed by atoms with Crippen molar-refractivity contribution in [3.8, 4) is 0 Å². The molecule has 0 saturated heterocycles. The molecule has 0 aliphatic rings. The Bertz CT molecular complexity index is 310. The molecule has 6 nitrogen and oxygen atoms in total. The Morgan fingerprint density at radius 3 is 2.06 bits per heavy atom. The van der Waals surface area contributed by atoms with Crippen LogP contribution in [0.5, 0.6) is 0 Å². The van der Waals surface area contributed by atoms with E-state index in [4.69, 9.17) is 0 Å². The van der Waals surface area contributed by atoms with E-state index in [-0.39, 0.29) is 24.6 Å². The Balaban J connectivity index is 4.46. The average molecular weight is 229 g/mol. The van der Waals surface area contributed by atoms with Crippen LogP contribution in [0, 0.1) is 0 Å². The number of esters is 2. The van der Waals surface area contributed by atoms with Crippen molar-refractivity contribution in [2.45, 2.75) is 6.92 Å². The van der Waals surface area contributed by atoms with Crippen LogP contribution in [0.4, 0.5) is 0 Å². The Morgan fingerprint density at radius 2 is 1.69 bits per heavy atom. The number of hydrogen-bond acceptors (Lipinski definition) is 5. The molecule has 0 rings (SSSR count). The summed E-state index contributed by atoms with van der Waals surface area (Å²) in [5.41, 5.74) is 0.0987. The van der Waals surface area contributed by atoms with Gasteiger partial charge in [-0.25, -0.2) is 4.79 Å². The van der Waals surface area contributed by atoms with Gasteiger partial charge in [-0.2, -0.15) is 0 Å². The lowest BCUT2D eigenvalue weighted by atomic mass is 10.3. The lowest BCUT2D eigenvalue weighted by Gasteiger charge is -2.19. The Morgan fingerprint density at radius 1 is 1.12 bits per heavy atom. The first-order valence-electron chi connectivity index (χ1n) is 4.50. The van der Waals surface area contributed by atoms with Crippen molar-refractivity contribution >= 4 is 17.8 Å². The smallest absolute Gasteiger partial charge is 0.334 e. The molecule has 0 saturated carbocycles. The van der Waals surface area contributed by atoms with Crippen LogP contribution in [-0.4, -0.2) is 50.1 Å². The third-order valence-corrected chi connectivity index (χ3v) is 1.85. The van der Waals surface area contributed by atoms with Gasteiger partial charge < -0.3 is 14.4 Å². The standard InChI is InChI=1S/C10H15NO5/c1-7(10(14)16-4)5-11(8(2)12)6-9(13)15-3/h1,5-6H2,2-4H3. The van der Waals surface area contributed by atoms with E-state index in [1.165, 1.54) is 21.1 Å². The second-order valence-corrected chi connectivity index (χ2v) is 3.05. The molecular formula is C10H15NO5. The zero-order valence-corrected chi connectivity index (χ0v) is 9.61. The third-order valence-electron chi connectivity index (χ3n) is 1.85. The molecule has 0 radical (unpaired) electrons. The Hall–Kier alpha value is -1.85. The largest absolute Gasteiger partial charge is 0.468 e. The van der Waals surface area contributed by atoms with Gasteiger partial charge >= 0.3 is 11.9 Å². The molecule has 1 amide bonds. The SMILES string of the molecule is C=C(CN(CC(=O)OC)C(C)=O)C(=O)OC. The molecule has 0 aliphatic heterocycles. The van der Waals surface area contributed by atoms with Crippen LogP contribution in [0.25, 0.3) is 0 Å². The highest BCUT2D eigenvalue weighted by atomic mass is 16.5. The maximum absolute atomic E-state index is 11.2. The summed E-state index contributed by atoms with van der Waals surface area (Å²) in [4.78, 5) is 34.3. The molecule has 0 heterocycles. The van der Waals surface area contributed by atoms with Gasteiger partial charge in [-0.3, -0.25) is 9.59 Å². The van der Waals surface area contributed by atoms with Gasteiger partial charge in [-0.1, -0.05) is 6.58 Å². The molecule has 0 N–H and O–H groups in total. The minimum absolute atomic E-state index is 0.0584. The quantitative estimate of drug-likeness (QED) is 0.479. The van der Waals surface area contributed by atoms with E-state index in [1.807, 2.05) is 0 Å². The van der Waals surface area contributed by atoms with Gasteiger partial charge in [-0.15, -0.1) is 0 Å². The number of hydrogen-bond donors (Lipinski definition) is 0. The normalized spacial score (nSPS) is 9.19. The molecule has 0 spiro atoms. The van der Waals surface area contributed by atoms with E-state index >= 15 is 0 Å². The number of rotatable bonds is 5. The van der Waals surface area contributed by atoms with Crippen LogP contribution < -0.4 is 0 Å². The van der Waals surface area contributed by atoms with Crippen molar-refractivity contribution in [3.63, 3.8) is 0 Å². The lowest BCUT2D eigenvalue weighted by molar-refractivity contribution is -0.146. The van der Waals surface area contributed by atoms with E-state index in [0.29, 0.717) is 0 Å². The average Bonchev–Trinajstić information content (AvgIpc) is 2.26. The summed E-state index contributed by atoms with van der Waals surface area (Å²) >= 11 is 0. The van der Waals surface area contributed by atoms with Crippen LogP contribution in [-0.2, 0) is 23.9 Å². The highest BCUT2D eigenvalue weighted by Crippen LogP contribution is 2.00. The number of amides is 1. The molecule has 0 atom stereocenters. The summed E-state index contributed by atoms with van der Waals surface area (Å²) in [5.74, 6) is -1.53. The molecule has 90 valence electrons. The topological polar surface area (TPSA) is 72.9 Å². The fourth-order valence-electron chi connectivity index (χ4n) is 0.938. The molecule has 16 heavy (non-hydrogen) atoms. The molecule has 0 aromatic rings. The number of nitrogens with zero attached hydrogens (tertiary/aromatic N) is 1. The summed E-state index contributed by atoms with van der Waals surface area (Å²) in [6.45, 7) is 4.47. The van der Waals surface area contributed by atoms with Gasteiger partial charge in [-0.05, 0) is 0 Å². The molecule has 0 aromatic carbocycles. The fraction of sp³-hybridized carbons (Fsp3) is 0.500. The molecule has 6 heteroatoms. The molecule has 0 unspecified atom stereocenters. The van der Waals surface area contributed by atoms with Gasteiger partial charge in [0.15, 0.2) is 0 Å². The van der Waals surface area contributed by atoms with E-state index in [9.17, 15) is 14.4 Å². The van der Waals surface area contributed by atoms with E-state index in [2.05, 4.69) is 16.1 Å². The number of carbonyl (C=O) groups is 3. The van der Waals surface area contributed by atoms with Gasteiger partial charge in [0, 0.05) is 12.5 Å². The molecule has 0 aromatic heterocycles. The second-order valence-electron chi connectivity index (χ2n) is 3.05. The molecular weight excluding hydrogens is 214 g/mol. The number of methoxy groups -OCH3 is 2. The van der Waals surface area contributed by atoms with E-state index < -0.39 is 11.9 Å². The molecule has 0 bridgehead atoms.